The van der Waals surface area contributed by atoms with Crippen molar-refractivity contribution in [2.45, 2.75) is 18.4 Å². The Morgan fingerprint density at radius 1 is 1.00 bits per heavy atom. The zero-order valence-corrected chi connectivity index (χ0v) is 14.4. The summed E-state index contributed by atoms with van der Waals surface area (Å²) in [5.74, 6) is -0.545. The van der Waals surface area contributed by atoms with E-state index in [1.807, 2.05) is 12.1 Å². The molecule has 1 aliphatic heterocycles. The molecule has 0 atom stereocenters. The summed E-state index contributed by atoms with van der Waals surface area (Å²) in [6.45, 7) is 1.85. The van der Waals surface area contributed by atoms with Crippen molar-refractivity contribution in [2.24, 2.45) is 5.10 Å². The van der Waals surface area contributed by atoms with Crippen LogP contribution in [0.1, 0.15) is 24.0 Å². The van der Waals surface area contributed by atoms with Crippen LogP contribution >= 0.6 is 0 Å². The van der Waals surface area contributed by atoms with E-state index in [4.69, 9.17) is 0 Å². The number of amides is 1. The maximum absolute atomic E-state index is 12.9. The highest BCUT2D eigenvalue weighted by Gasteiger charge is 2.40. The lowest BCUT2D eigenvalue weighted by Gasteiger charge is -2.28. The molecule has 0 aromatic heterocycles. The van der Waals surface area contributed by atoms with Crippen molar-refractivity contribution in [3.63, 3.8) is 0 Å². The minimum Gasteiger partial charge on any atom is -0.372 e. The zero-order chi connectivity index (χ0) is 17.7. The average Bonchev–Trinajstić information content (AvgIpc) is 2.68. The molecule has 0 saturated carbocycles. The summed E-state index contributed by atoms with van der Waals surface area (Å²) in [4.78, 5) is 15.1. The third kappa shape index (κ3) is 3.78. The third-order valence-corrected chi connectivity index (χ3v) is 4.59. The van der Waals surface area contributed by atoms with Crippen LogP contribution in [0.4, 0.5) is 0 Å². The van der Waals surface area contributed by atoms with E-state index >= 15 is 0 Å². The van der Waals surface area contributed by atoms with Gasteiger partial charge in [-0.1, -0.05) is 60.7 Å². The maximum atomic E-state index is 12.9. The molecule has 0 spiro atoms. The summed E-state index contributed by atoms with van der Waals surface area (Å²) in [5, 5.41) is 15.6. The first kappa shape index (κ1) is 17.3. The first-order valence-corrected chi connectivity index (χ1v) is 8.48. The summed E-state index contributed by atoms with van der Waals surface area (Å²) in [6.07, 6.45) is 1.65. The van der Waals surface area contributed by atoms with Gasteiger partial charge < -0.3 is 10.0 Å². The highest BCUT2D eigenvalue weighted by Crippen LogP contribution is 2.29. The molecular formula is C20H23N3O2. The lowest BCUT2D eigenvalue weighted by molar-refractivity contribution is -0.136. The van der Waals surface area contributed by atoms with Crippen molar-refractivity contribution in [2.75, 3.05) is 20.1 Å². The number of aliphatic hydroxyl groups is 1. The van der Waals surface area contributed by atoms with Crippen molar-refractivity contribution < 1.29 is 9.90 Å². The molecule has 5 heteroatoms. The second kappa shape index (κ2) is 7.59. The van der Waals surface area contributed by atoms with Crippen LogP contribution in [-0.2, 0) is 10.4 Å². The molecule has 2 N–H and O–H groups in total. The fourth-order valence-corrected chi connectivity index (χ4v) is 2.99. The Morgan fingerprint density at radius 2 is 1.48 bits per heavy atom. The van der Waals surface area contributed by atoms with Crippen molar-refractivity contribution in [3.05, 3.63) is 71.8 Å². The fourth-order valence-electron chi connectivity index (χ4n) is 2.99. The zero-order valence-electron chi connectivity index (χ0n) is 14.4. The van der Waals surface area contributed by atoms with E-state index in [1.165, 1.54) is 0 Å². The number of piperidine rings is 1. The number of hydrazone groups is 1. The van der Waals surface area contributed by atoms with Gasteiger partial charge in [0.1, 0.15) is 0 Å². The molecule has 0 aliphatic carbocycles. The number of benzene rings is 2. The summed E-state index contributed by atoms with van der Waals surface area (Å²) in [6, 6.07) is 17.9. The van der Waals surface area contributed by atoms with Crippen molar-refractivity contribution >= 4 is 11.6 Å². The van der Waals surface area contributed by atoms with E-state index in [9.17, 15) is 9.90 Å². The lowest BCUT2D eigenvalue weighted by atomic mass is 9.85. The Morgan fingerprint density at radius 3 is 1.96 bits per heavy atom. The Hall–Kier alpha value is -2.50. The highest BCUT2D eigenvalue weighted by molar-refractivity contribution is 5.92. The van der Waals surface area contributed by atoms with Crippen LogP contribution in [0.15, 0.2) is 65.8 Å². The first-order chi connectivity index (χ1) is 12.1. The minimum atomic E-state index is -1.78. The third-order valence-electron chi connectivity index (χ3n) is 4.59. The molecule has 1 amide bonds. The van der Waals surface area contributed by atoms with Crippen molar-refractivity contribution in [1.82, 2.24) is 10.3 Å². The van der Waals surface area contributed by atoms with Crippen molar-refractivity contribution in [3.8, 4) is 0 Å². The quantitative estimate of drug-likeness (QED) is 0.840. The average molecular weight is 337 g/mol. The Bertz CT molecular complexity index is 695. The Kier molecular flexibility index (Phi) is 5.26. The van der Waals surface area contributed by atoms with Gasteiger partial charge in [0.05, 0.1) is 0 Å². The van der Waals surface area contributed by atoms with Gasteiger partial charge in [0, 0.05) is 31.6 Å². The molecular weight excluding hydrogens is 314 g/mol. The predicted molar refractivity (Wildman–Crippen MR) is 98.2 cm³/mol. The lowest BCUT2D eigenvalue weighted by Crippen LogP contribution is -2.44. The number of nitrogens with zero attached hydrogens (tertiary/aromatic N) is 2. The number of rotatable bonds is 4. The van der Waals surface area contributed by atoms with E-state index in [-0.39, 0.29) is 0 Å². The molecule has 1 aliphatic rings. The number of hydrogen-bond donors (Lipinski definition) is 2. The van der Waals surface area contributed by atoms with Gasteiger partial charge in [-0.25, -0.2) is 5.43 Å². The maximum Gasteiger partial charge on any atom is 0.281 e. The fraction of sp³-hybridized carbons (Fsp3) is 0.300. The second-order valence-electron chi connectivity index (χ2n) is 6.36. The van der Waals surface area contributed by atoms with Crippen LogP contribution in [0, 0.1) is 0 Å². The molecule has 130 valence electrons. The minimum absolute atomic E-state index is 0.516. The van der Waals surface area contributed by atoms with Gasteiger partial charge >= 0.3 is 0 Å². The molecule has 2 aromatic rings. The molecule has 25 heavy (non-hydrogen) atoms. The van der Waals surface area contributed by atoms with Crippen LogP contribution in [0.2, 0.25) is 0 Å². The normalized spacial score (nSPS) is 15.7. The number of carbonyl (C=O) groups excluding carboxylic acids is 1. The number of likely N-dealkylation sites (tertiary alicyclic amines) is 1. The van der Waals surface area contributed by atoms with E-state index in [0.717, 1.165) is 31.6 Å². The van der Waals surface area contributed by atoms with Gasteiger partial charge in [-0.05, 0) is 18.2 Å². The Labute approximate surface area is 148 Å². The molecule has 0 unspecified atom stereocenters. The van der Waals surface area contributed by atoms with Gasteiger partial charge in [0.15, 0.2) is 5.60 Å². The van der Waals surface area contributed by atoms with Gasteiger partial charge in [0.25, 0.3) is 5.91 Å². The first-order valence-electron chi connectivity index (χ1n) is 8.48. The standard InChI is InChI=1S/C20H23N3O2/c1-23-14-12-18(13-15-23)21-22-19(24)20(25,16-8-4-2-5-9-16)17-10-6-3-7-11-17/h2-11,25H,12-15H2,1H3,(H,22,24). The number of hydrogen-bond acceptors (Lipinski definition) is 4. The monoisotopic (exact) mass is 337 g/mol. The molecule has 2 aromatic carbocycles. The topological polar surface area (TPSA) is 64.9 Å². The Balaban J connectivity index is 1.87. The van der Waals surface area contributed by atoms with Crippen LogP contribution in [0.25, 0.3) is 0 Å². The van der Waals surface area contributed by atoms with Gasteiger partial charge in [0.2, 0.25) is 0 Å². The number of carbonyl (C=O) groups is 1. The molecule has 1 heterocycles. The van der Waals surface area contributed by atoms with E-state index in [0.29, 0.717) is 11.1 Å². The largest absolute Gasteiger partial charge is 0.372 e. The molecule has 0 bridgehead atoms. The molecule has 1 fully saturated rings. The van der Waals surface area contributed by atoms with Gasteiger partial charge in [-0.2, -0.15) is 5.10 Å². The van der Waals surface area contributed by atoms with E-state index in [1.54, 1.807) is 48.5 Å². The van der Waals surface area contributed by atoms with Crippen LogP contribution in [0.3, 0.4) is 0 Å². The highest BCUT2D eigenvalue weighted by atomic mass is 16.3. The van der Waals surface area contributed by atoms with Crippen LogP contribution in [-0.4, -0.2) is 41.8 Å². The van der Waals surface area contributed by atoms with Crippen molar-refractivity contribution in [1.29, 1.82) is 0 Å². The summed E-state index contributed by atoms with van der Waals surface area (Å²) < 4.78 is 0. The molecule has 0 radical (unpaired) electrons. The smallest absolute Gasteiger partial charge is 0.281 e. The molecule has 5 nitrogen and oxygen atoms in total. The predicted octanol–water partition coefficient (Wildman–Crippen LogP) is 2.12. The van der Waals surface area contributed by atoms with Gasteiger partial charge in [-0.3, -0.25) is 4.79 Å². The van der Waals surface area contributed by atoms with Gasteiger partial charge in [-0.15, -0.1) is 0 Å². The van der Waals surface area contributed by atoms with Crippen LogP contribution < -0.4 is 5.43 Å². The molecule has 1 saturated heterocycles. The van der Waals surface area contributed by atoms with E-state index < -0.39 is 11.5 Å². The SMILES string of the molecule is CN1CCC(=NNC(=O)C(O)(c2ccccc2)c2ccccc2)CC1. The van der Waals surface area contributed by atoms with Crippen LogP contribution in [0.5, 0.6) is 0 Å². The second-order valence-corrected chi connectivity index (χ2v) is 6.36. The summed E-state index contributed by atoms with van der Waals surface area (Å²) >= 11 is 0. The molecule has 3 rings (SSSR count). The number of nitrogens with one attached hydrogen (secondary N) is 1. The summed E-state index contributed by atoms with van der Waals surface area (Å²) in [5.41, 5.74) is 2.79. The van der Waals surface area contributed by atoms with E-state index in [2.05, 4.69) is 22.5 Å². The summed E-state index contributed by atoms with van der Waals surface area (Å²) in [7, 11) is 2.07.